The zero-order chi connectivity index (χ0) is 17.6. The fourth-order valence-electron chi connectivity index (χ4n) is 2.39. The predicted molar refractivity (Wildman–Crippen MR) is 77.6 cm³/mol. The molecule has 1 aliphatic rings. The molecule has 24 heavy (non-hydrogen) atoms. The van der Waals surface area contributed by atoms with Crippen LogP contribution in [0.1, 0.15) is 5.89 Å². The van der Waals surface area contributed by atoms with Crippen LogP contribution < -0.4 is 4.74 Å². The largest absolute Gasteiger partial charge is 0.462 e. The van der Waals surface area contributed by atoms with Gasteiger partial charge in [-0.2, -0.15) is 8.42 Å². The van der Waals surface area contributed by atoms with Gasteiger partial charge in [0.05, 0.1) is 0 Å². The molecular formula is C13H15NO9S. The van der Waals surface area contributed by atoms with E-state index in [-0.39, 0.29) is 5.75 Å². The molecule has 0 aliphatic carbocycles. The average Bonchev–Trinajstić information content (AvgIpc) is 2.86. The molecule has 0 bridgehead atoms. The molecule has 2 aromatic rings. The monoisotopic (exact) mass is 361 g/mol. The Bertz CT molecular complexity index is 848. The van der Waals surface area contributed by atoms with Crippen molar-refractivity contribution < 1.29 is 42.2 Å². The number of aliphatic hydroxyl groups is 3. The molecule has 1 saturated heterocycles. The normalized spacial score (nSPS) is 31.3. The first kappa shape index (κ1) is 17.1. The fraction of sp³-hybridized carbons (Fsp3) is 0.462. The van der Waals surface area contributed by atoms with E-state index in [2.05, 4.69) is 4.98 Å². The summed E-state index contributed by atoms with van der Waals surface area (Å²) < 4.78 is 47.0. The number of aryl methyl sites for hydroxylation is 1. The number of aliphatic hydroxyl groups excluding tert-OH is 3. The molecule has 1 aromatic carbocycles. The van der Waals surface area contributed by atoms with E-state index in [1.54, 1.807) is 13.0 Å². The van der Waals surface area contributed by atoms with Gasteiger partial charge in [-0.3, -0.25) is 4.55 Å². The van der Waals surface area contributed by atoms with Crippen molar-refractivity contribution in [3.05, 3.63) is 24.1 Å². The maximum Gasteiger partial charge on any atom is 0.295 e. The van der Waals surface area contributed by atoms with Crippen molar-refractivity contribution in [3.63, 3.8) is 0 Å². The summed E-state index contributed by atoms with van der Waals surface area (Å²) in [4.78, 5) is 4.09. The second kappa shape index (κ2) is 5.95. The summed E-state index contributed by atoms with van der Waals surface area (Å²) in [6.07, 6.45) is -7.31. The molecule has 0 spiro atoms. The lowest BCUT2D eigenvalue weighted by atomic mass is 10.1. The van der Waals surface area contributed by atoms with Crippen LogP contribution >= 0.6 is 0 Å². The minimum Gasteiger partial charge on any atom is -0.462 e. The molecule has 5 atom stereocenters. The van der Waals surface area contributed by atoms with Crippen LogP contribution in [0.5, 0.6) is 5.75 Å². The Kier molecular flexibility index (Phi) is 4.23. The Hall–Kier alpha value is -1.76. The predicted octanol–water partition coefficient (Wildman–Crippen LogP) is -0.832. The molecule has 1 aromatic heterocycles. The molecule has 0 radical (unpaired) electrons. The van der Waals surface area contributed by atoms with Crippen molar-refractivity contribution >= 4 is 21.2 Å². The van der Waals surface area contributed by atoms with E-state index in [4.69, 9.17) is 18.4 Å². The Morgan fingerprint density at radius 1 is 1.17 bits per heavy atom. The standard InChI is InChI=1S/C13H15NO9S/c1-5-14-7-4-6(2-3-8(7)21-5)22-12-10(16)9(15)11(17)13(23-12)24(18,19)20/h2-4,9-13,15-17H,1H3,(H,18,19,20)/t9-,10-,11+,12-,13?/m1/s1. The van der Waals surface area contributed by atoms with Gasteiger partial charge in [-0.25, -0.2) is 4.98 Å². The number of rotatable bonds is 3. The lowest BCUT2D eigenvalue weighted by Crippen LogP contribution is -2.61. The summed E-state index contributed by atoms with van der Waals surface area (Å²) in [5, 5.41) is 29.3. The Morgan fingerprint density at radius 2 is 1.88 bits per heavy atom. The van der Waals surface area contributed by atoms with E-state index in [0.717, 1.165) is 0 Å². The topological polar surface area (TPSA) is 160 Å². The van der Waals surface area contributed by atoms with E-state index >= 15 is 0 Å². The second-order valence-corrected chi connectivity index (χ2v) is 6.83. The third kappa shape index (κ3) is 3.09. The molecule has 4 N–H and O–H groups in total. The highest BCUT2D eigenvalue weighted by Gasteiger charge is 2.50. The van der Waals surface area contributed by atoms with Gasteiger partial charge in [-0.15, -0.1) is 0 Å². The maximum atomic E-state index is 11.2. The van der Waals surface area contributed by atoms with E-state index in [1.807, 2.05) is 0 Å². The van der Waals surface area contributed by atoms with Crippen LogP contribution in [0.3, 0.4) is 0 Å². The second-order valence-electron chi connectivity index (χ2n) is 5.34. The van der Waals surface area contributed by atoms with Crippen molar-refractivity contribution in [2.75, 3.05) is 0 Å². The maximum absolute atomic E-state index is 11.2. The first-order chi connectivity index (χ1) is 11.2. The number of fused-ring (bicyclic) bond motifs is 1. The lowest BCUT2D eigenvalue weighted by Gasteiger charge is -2.38. The van der Waals surface area contributed by atoms with Crippen LogP contribution in [0, 0.1) is 6.92 Å². The Morgan fingerprint density at radius 3 is 2.54 bits per heavy atom. The summed E-state index contributed by atoms with van der Waals surface area (Å²) in [6, 6.07) is 4.47. The number of oxazole rings is 1. The molecule has 132 valence electrons. The average molecular weight is 361 g/mol. The third-order valence-electron chi connectivity index (χ3n) is 3.54. The van der Waals surface area contributed by atoms with Gasteiger partial charge < -0.3 is 29.2 Å². The molecule has 0 amide bonds. The molecular weight excluding hydrogens is 346 g/mol. The van der Waals surface area contributed by atoms with Gasteiger partial charge in [0.1, 0.15) is 29.6 Å². The first-order valence-electron chi connectivity index (χ1n) is 6.86. The van der Waals surface area contributed by atoms with Crippen molar-refractivity contribution in [2.45, 2.75) is 37.0 Å². The van der Waals surface area contributed by atoms with Crippen LogP contribution in [0.4, 0.5) is 0 Å². The molecule has 10 nitrogen and oxygen atoms in total. The third-order valence-corrected chi connectivity index (χ3v) is 4.51. The molecule has 3 rings (SSSR count). The highest BCUT2D eigenvalue weighted by molar-refractivity contribution is 7.86. The van der Waals surface area contributed by atoms with Crippen molar-refractivity contribution in [1.82, 2.24) is 4.98 Å². The zero-order valence-electron chi connectivity index (χ0n) is 12.3. The number of hydrogen-bond donors (Lipinski definition) is 4. The zero-order valence-corrected chi connectivity index (χ0v) is 13.1. The molecule has 1 unspecified atom stereocenters. The van der Waals surface area contributed by atoms with E-state index < -0.39 is 40.2 Å². The number of ether oxygens (including phenoxy) is 2. The highest BCUT2D eigenvalue weighted by atomic mass is 32.2. The van der Waals surface area contributed by atoms with Gasteiger partial charge in [0.2, 0.25) is 11.7 Å². The van der Waals surface area contributed by atoms with E-state index in [9.17, 15) is 23.7 Å². The minimum atomic E-state index is -4.84. The fourth-order valence-corrected chi connectivity index (χ4v) is 3.15. The molecule has 1 fully saturated rings. The van der Waals surface area contributed by atoms with Gasteiger partial charge >= 0.3 is 0 Å². The van der Waals surface area contributed by atoms with E-state index in [1.165, 1.54) is 12.1 Å². The summed E-state index contributed by atoms with van der Waals surface area (Å²) in [6.45, 7) is 1.66. The lowest BCUT2D eigenvalue weighted by molar-refractivity contribution is -0.254. The van der Waals surface area contributed by atoms with Crippen LogP contribution in [0.15, 0.2) is 22.6 Å². The summed E-state index contributed by atoms with van der Waals surface area (Å²) in [5.41, 5.74) is -1.20. The molecule has 1 aliphatic heterocycles. The van der Waals surface area contributed by atoms with Crippen molar-refractivity contribution in [3.8, 4) is 5.75 Å². The molecule has 0 saturated carbocycles. The van der Waals surface area contributed by atoms with Crippen molar-refractivity contribution in [2.24, 2.45) is 0 Å². The Balaban J connectivity index is 1.86. The Labute approximate surface area is 136 Å². The summed E-state index contributed by atoms with van der Waals surface area (Å²) in [7, 11) is -4.84. The summed E-state index contributed by atoms with van der Waals surface area (Å²) >= 11 is 0. The van der Waals surface area contributed by atoms with Gasteiger partial charge in [-0.05, 0) is 12.1 Å². The van der Waals surface area contributed by atoms with Gasteiger partial charge in [0, 0.05) is 13.0 Å². The quantitative estimate of drug-likeness (QED) is 0.508. The van der Waals surface area contributed by atoms with E-state index in [0.29, 0.717) is 17.0 Å². The van der Waals surface area contributed by atoms with Crippen LogP contribution in [0.2, 0.25) is 0 Å². The number of benzene rings is 1. The minimum absolute atomic E-state index is 0.150. The van der Waals surface area contributed by atoms with Gasteiger partial charge in [-0.1, -0.05) is 0 Å². The van der Waals surface area contributed by atoms with Crippen LogP contribution in [-0.2, 0) is 14.9 Å². The molecule has 11 heteroatoms. The summed E-state index contributed by atoms with van der Waals surface area (Å²) in [5.74, 6) is 0.582. The first-order valence-corrected chi connectivity index (χ1v) is 8.37. The highest BCUT2D eigenvalue weighted by Crippen LogP contribution is 2.28. The van der Waals surface area contributed by atoms with Crippen LogP contribution in [-0.4, -0.2) is 63.3 Å². The van der Waals surface area contributed by atoms with Gasteiger partial charge in [0.15, 0.2) is 11.5 Å². The molecule has 2 heterocycles. The number of aromatic nitrogens is 1. The SMILES string of the molecule is Cc1nc2cc(O[C@@H]3OC(S(=O)(=O)O)[C@@H](O)[C@H](O)[C@H]3O)ccc2o1. The number of hydrogen-bond acceptors (Lipinski definition) is 9. The smallest absolute Gasteiger partial charge is 0.295 e. The van der Waals surface area contributed by atoms with Gasteiger partial charge in [0.25, 0.3) is 10.1 Å². The number of nitrogens with zero attached hydrogens (tertiary/aromatic N) is 1. The van der Waals surface area contributed by atoms with Crippen LogP contribution in [0.25, 0.3) is 11.1 Å². The van der Waals surface area contributed by atoms with Crippen molar-refractivity contribution in [1.29, 1.82) is 0 Å².